The average Bonchev–Trinajstić information content (AvgIpc) is 3.33. The quantitative estimate of drug-likeness (QED) is 0.246. The van der Waals surface area contributed by atoms with Crippen LogP contribution in [-0.4, -0.2) is 50.6 Å². The summed E-state index contributed by atoms with van der Waals surface area (Å²) in [7, 11) is 1.95. The van der Waals surface area contributed by atoms with Gasteiger partial charge in [-0.1, -0.05) is 42.5 Å². The molecule has 0 bridgehead atoms. The molecule has 8 nitrogen and oxygen atoms in total. The molecule has 3 aromatic carbocycles. The van der Waals surface area contributed by atoms with Gasteiger partial charge in [-0.05, 0) is 73.4 Å². The van der Waals surface area contributed by atoms with Gasteiger partial charge in [-0.2, -0.15) is 5.10 Å². The van der Waals surface area contributed by atoms with Crippen molar-refractivity contribution in [2.45, 2.75) is 32.7 Å². The van der Waals surface area contributed by atoms with Gasteiger partial charge in [0.1, 0.15) is 5.82 Å². The van der Waals surface area contributed by atoms with E-state index in [1.165, 1.54) is 5.56 Å². The van der Waals surface area contributed by atoms with E-state index in [4.69, 9.17) is 0 Å². The van der Waals surface area contributed by atoms with Crippen molar-refractivity contribution in [2.24, 2.45) is 7.05 Å². The van der Waals surface area contributed by atoms with E-state index in [2.05, 4.69) is 63.2 Å². The van der Waals surface area contributed by atoms with Crippen molar-refractivity contribution in [2.75, 3.05) is 23.7 Å². The highest BCUT2D eigenvalue weighted by molar-refractivity contribution is 6.05. The highest BCUT2D eigenvalue weighted by Crippen LogP contribution is 2.31. The maximum absolute atomic E-state index is 13.3. The predicted molar refractivity (Wildman–Crippen MR) is 167 cm³/mol. The lowest BCUT2D eigenvalue weighted by Crippen LogP contribution is -2.48. The zero-order chi connectivity index (χ0) is 29.4. The van der Waals surface area contributed by atoms with Gasteiger partial charge >= 0.3 is 0 Å². The Morgan fingerprint density at radius 1 is 0.881 bits per heavy atom. The number of nitrogens with zero attached hydrogens (tertiary/aromatic N) is 4. The number of likely N-dealkylation sites (tertiary alicyclic amines) is 1. The molecule has 3 heterocycles. The lowest BCUT2D eigenvalue weighted by molar-refractivity contribution is 0.0602. The molecule has 0 spiro atoms. The van der Waals surface area contributed by atoms with E-state index < -0.39 is 0 Å². The summed E-state index contributed by atoms with van der Waals surface area (Å²) < 4.78 is 1.89. The molecular weight excluding hydrogens is 524 g/mol. The summed E-state index contributed by atoms with van der Waals surface area (Å²) in [5.41, 5.74) is 7.16. The molecule has 6 rings (SSSR count). The SMILES string of the molecule is Cc1ccc(C(=O)N2CC(c3ccc(-c4ccc5cnn(C)c5c4)cc3)C2)cc1NC(=O)c1ccc(NC(C)C)nc1. The monoisotopic (exact) mass is 558 g/mol. The first-order chi connectivity index (χ1) is 20.2. The number of carbonyl (C=O) groups excluding carboxylic acids is 2. The Morgan fingerprint density at radius 3 is 2.33 bits per heavy atom. The van der Waals surface area contributed by atoms with Crippen molar-refractivity contribution in [3.8, 4) is 11.1 Å². The molecule has 2 amide bonds. The Labute approximate surface area is 245 Å². The first-order valence-electron chi connectivity index (χ1n) is 14.2. The van der Waals surface area contributed by atoms with E-state index in [-0.39, 0.29) is 17.9 Å². The highest BCUT2D eigenvalue weighted by atomic mass is 16.2. The van der Waals surface area contributed by atoms with Crippen molar-refractivity contribution in [1.29, 1.82) is 0 Å². The minimum absolute atomic E-state index is 0.0337. The van der Waals surface area contributed by atoms with Gasteiger partial charge in [0.2, 0.25) is 0 Å². The molecule has 1 saturated heterocycles. The zero-order valence-electron chi connectivity index (χ0n) is 24.3. The van der Waals surface area contributed by atoms with Crippen molar-refractivity contribution in [3.05, 3.63) is 107 Å². The third-order valence-electron chi connectivity index (χ3n) is 7.83. The molecule has 1 aliphatic rings. The van der Waals surface area contributed by atoms with Gasteiger partial charge < -0.3 is 15.5 Å². The van der Waals surface area contributed by atoms with Gasteiger partial charge in [-0.15, -0.1) is 0 Å². The third kappa shape index (κ3) is 5.48. The molecule has 1 aliphatic heterocycles. The first kappa shape index (κ1) is 27.2. The molecule has 2 N–H and O–H groups in total. The Bertz CT molecular complexity index is 1770. The van der Waals surface area contributed by atoms with Crippen LogP contribution in [0.2, 0.25) is 0 Å². The van der Waals surface area contributed by atoms with Crippen molar-refractivity contribution in [3.63, 3.8) is 0 Å². The maximum atomic E-state index is 13.3. The van der Waals surface area contributed by atoms with E-state index >= 15 is 0 Å². The number of hydrogen-bond donors (Lipinski definition) is 2. The van der Waals surface area contributed by atoms with E-state index in [0.29, 0.717) is 35.8 Å². The molecule has 0 aliphatic carbocycles. The minimum atomic E-state index is -0.265. The van der Waals surface area contributed by atoms with Crippen molar-refractivity contribution >= 4 is 34.2 Å². The van der Waals surface area contributed by atoms with E-state index in [9.17, 15) is 9.59 Å². The number of benzene rings is 3. The normalized spacial score (nSPS) is 13.3. The number of amides is 2. The van der Waals surface area contributed by atoms with E-state index in [1.807, 2.05) is 55.7 Å². The van der Waals surface area contributed by atoms with Gasteiger partial charge in [0.05, 0.1) is 17.3 Å². The number of aromatic nitrogens is 3. The molecule has 2 aromatic heterocycles. The van der Waals surface area contributed by atoms with Crippen LogP contribution in [0, 0.1) is 6.92 Å². The number of hydrogen-bond acceptors (Lipinski definition) is 5. The Hall–Kier alpha value is -4.98. The van der Waals surface area contributed by atoms with Gasteiger partial charge in [-0.3, -0.25) is 14.3 Å². The molecule has 1 fully saturated rings. The van der Waals surface area contributed by atoms with Crippen LogP contribution in [0.15, 0.2) is 85.2 Å². The Morgan fingerprint density at radius 2 is 1.62 bits per heavy atom. The second kappa shape index (κ2) is 11.1. The number of anilines is 2. The lowest BCUT2D eigenvalue weighted by atomic mass is 9.89. The lowest BCUT2D eigenvalue weighted by Gasteiger charge is -2.39. The number of carbonyl (C=O) groups is 2. The molecule has 0 radical (unpaired) electrons. The summed E-state index contributed by atoms with van der Waals surface area (Å²) >= 11 is 0. The summed E-state index contributed by atoms with van der Waals surface area (Å²) in [6.07, 6.45) is 3.43. The number of fused-ring (bicyclic) bond motifs is 1. The summed E-state index contributed by atoms with van der Waals surface area (Å²) in [4.78, 5) is 32.4. The number of pyridine rings is 1. The topological polar surface area (TPSA) is 92.2 Å². The largest absolute Gasteiger partial charge is 0.368 e. The third-order valence-corrected chi connectivity index (χ3v) is 7.83. The van der Waals surface area contributed by atoms with Crippen molar-refractivity contribution in [1.82, 2.24) is 19.7 Å². The molecule has 0 unspecified atom stereocenters. The average molecular weight is 559 g/mol. The van der Waals surface area contributed by atoms with E-state index in [1.54, 1.807) is 24.4 Å². The second-order valence-corrected chi connectivity index (χ2v) is 11.3. The molecule has 5 aromatic rings. The standard InChI is InChI=1S/C34H34N6O2/c1-21(2)37-32-14-13-28(17-35-32)33(41)38-30-15-26(6-5-22(30)3)34(42)40-19-29(20-40)24-9-7-23(8-10-24)25-11-12-27-18-36-39(4)31(27)16-25/h5-18,21,29H,19-20H2,1-4H3,(H,35,37)(H,38,41). The smallest absolute Gasteiger partial charge is 0.257 e. The fourth-order valence-electron chi connectivity index (χ4n) is 5.30. The van der Waals surface area contributed by atoms with Crippen LogP contribution in [0.4, 0.5) is 11.5 Å². The van der Waals surface area contributed by atoms with Crippen LogP contribution in [-0.2, 0) is 7.05 Å². The molecule has 0 atom stereocenters. The molecule has 212 valence electrons. The van der Waals surface area contributed by atoms with Crippen LogP contribution in [0.1, 0.15) is 51.6 Å². The van der Waals surface area contributed by atoms with Crippen molar-refractivity contribution < 1.29 is 9.59 Å². The first-order valence-corrected chi connectivity index (χ1v) is 14.2. The van der Waals surface area contributed by atoms with Gasteiger partial charge in [0, 0.05) is 54.9 Å². The zero-order valence-corrected chi connectivity index (χ0v) is 24.3. The van der Waals surface area contributed by atoms with Crippen LogP contribution < -0.4 is 10.6 Å². The summed E-state index contributed by atoms with van der Waals surface area (Å²) in [5, 5.41) is 11.6. The Kier molecular flexibility index (Phi) is 7.20. The highest BCUT2D eigenvalue weighted by Gasteiger charge is 2.32. The van der Waals surface area contributed by atoms with Crippen LogP contribution >= 0.6 is 0 Å². The fourth-order valence-corrected chi connectivity index (χ4v) is 5.30. The number of nitrogens with one attached hydrogen (secondary N) is 2. The fraction of sp³-hybridized carbons (Fsp3) is 0.235. The van der Waals surface area contributed by atoms with E-state index in [0.717, 1.165) is 33.4 Å². The Balaban J connectivity index is 1.08. The van der Waals surface area contributed by atoms with Gasteiger partial charge in [0.15, 0.2) is 0 Å². The number of aryl methyl sites for hydroxylation is 2. The van der Waals surface area contributed by atoms with Crippen LogP contribution in [0.5, 0.6) is 0 Å². The predicted octanol–water partition coefficient (Wildman–Crippen LogP) is 6.26. The minimum Gasteiger partial charge on any atom is -0.368 e. The molecule has 0 saturated carbocycles. The summed E-state index contributed by atoms with van der Waals surface area (Å²) in [5.74, 6) is 0.720. The maximum Gasteiger partial charge on any atom is 0.257 e. The summed E-state index contributed by atoms with van der Waals surface area (Å²) in [6, 6.07) is 24.2. The summed E-state index contributed by atoms with van der Waals surface area (Å²) in [6.45, 7) is 7.30. The van der Waals surface area contributed by atoms with Gasteiger partial charge in [0.25, 0.3) is 11.8 Å². The number of rotatable bonds is 7. The van der Waals surface area contributed by atoms with Crippen LogP contribution in [0.3, 0.4) is 0 Å². The molecule has 8 heteroatoms. The second-order valence-electron chi connectivity index (χ2n) is 11.3. The molecule has 42 heavy (non-hydrogen) atoms. The van der Waals surface area contributed by atoms with Crippen LogP contribution in [0.25, 0.3) is 22.0 Å². The van der Waals surface area contributed by atoms with Gasteiger partial charge in [-0.25, -0.2) is 4.98 Å². The molecular formula is C34H34N6O2.